The largest absolute Gasteiger partial charge is 0.467 e. The molecule has 0 bridgehead atoms. The van der Waals surface area contributed by atoms with E-state index in [0.29, 0.717) is 6.01 Å². The first-order chi connectivity index (χ1) is 19.5. The number of carbonyl (C=O) groups excluding carboxylic acids is 1. The summed E-state index contributed by atoms with van der Waals surface area (Å²) in [6.45, 7) is 8.36. The summed E-state index contributed by atoms with van der Waals surface area (Å²) < 4.78 is 5.46. The Morgan fingerprint density at radius 2 is 1.73 bits per heavy atom. The Bertz CT molecular complexity index is 1340. The van der Waals surface area contributed by atoms with Crippen LogP contribution in [-0.2, 0) is 17.8 Å². The van der Waals surface area contributed by atoms with Crippen molar-refractivity contribution >= 4 is 40.2 Å². The molecule has 212 valence electrons. The number of allylic oxidation sites excluding steroid dienone is 2. The maximum absolute atomic E-state index is 9.32. The number of rotatable bonds is 4. The number of methoxy groups -OCH3 is 1. The molecular weight excluding hydrogens is 522 g/mol. The predicted molar refractivity (Wildman–Crippen MR) is 164 cm³/mol. The van der Waals surface area contributed by atoms with Crippen molar-refractivity contribution in [1.29, 1.82) is 0 Å². The smallest absolute Gasteiger partial charge is 0.318 e. The van der Waals surface area contributed by atoms with E-state index in [1.54, 1.807) is 20.1 Å². The molecular formula is C32H40ClN5O2. The lowest BCUT2D eigenvalue weighted by Gasteiger charge is -2.33. The minimum Gasteiger partial charge on any atom is -0.467 e. The summed E-state index contributed by atoms with van der Waals surface area (Å²) in [5.74, 6) is 2.82. The van der Waals surface area contributed by atoms with Gasteiger partial charge >= 0.3 is 6.01 Å². The molecule has 1 saturated carbocycles. The number of hydrogen-bond acceptors (Lipinski definition) is 7. The molecule has 0 radical (unpaired) electrons. The number of hydrogen-bond donors (Lipinski definition) is 0. The molecule has 0 spiro atoms. The molecule has 1 aromatic heterocycles. The molecule has 0 N–H and O–H groups in total. The molecule has 2 saturated heterocycles. The van der Waals surface area contributed by atoms with Crippen molar-refractivity contribution in [3.8, 4) is 6.01 Å². The first kappa shape index (κ1) is 28.4. The van der Waals surface area contributed by atoms with Crippen LogP contribution >= 0.6 is 11.6 Å². The molecule has 4 aliphatic rings. The number of aldehydes is 1. The fourth-order valence-corrected chi connectivity index (χ4v) is 6.29. The minimum absolute atomic E-state index is 0.470. The molecule has 2 unspecified atom stereocenters. The Labute approximate surface area is 242 Å². The number of ether oxygens (including phenoxy) is 1. The van der Waals surface area contributed by atoms with Gasteiger partial charge in [0.2, 0.25) is 0 Å². The van der Waals surface area contributed by atoms with Gasteiger partial charge in [-0.2, -0.15) is 9.97 Å². The monoisotopic (exact) mass is 561 g/mol. The van der Waals surface area contributed by atoms with Gasteiger partial charge in [0.25, 0.3) is 0 Å². The lowest BCUT2D eigenvalue weighted by molar-refractivity contribution is -0.104. The van der Waals surface area contributed by atoms with Crippen LogP contribution in [0.5, 0.6) is 6.01 Å². The summed E-state index contributed by atoms with van der Waals surface area (Å²) in [7, 11) is 3.82. The fraction of sp³-hybridized carbons (Fsp3) is 0.469. The molecule has 7 rings (SSSR count). The molecule has 3 aromatic rings. The average molecular weight is 562 g/mol. The quantitative estimate of drug-likeness (QED) is 0.295. The molecule has 2 atom stereocenters. The zero-order valence-corrected chi connectivity index (χ0v) is 24.6. The van der Waals surface area contributed by atoms with E-state index in [9.17, 15) is 4.79 Å². The molecule has 3 aliphatic heterocycles. The maximum Gasteiger partial charge on any atom is 0.318 e. The number of halogens is 1. The maximum atomic E-state index is 9.32. The van der Waals surface area contributed by atoms with Crippen LogP contribution in [0.25, 0.3) is 10.8 Å². The minimum atomic E-state index is 0.470. The highest BCUT2D eigenvalue weighted by molar-refractivity contribution is 6.36. The number of likely N-dealkylation sites (tertiary alicyclic amines) is 1. The van der Waals surface area contributed by atoms with Crippen LogP contribution in [0, 0.1) is 11.8 Å². The number of piperidine rings is 1. The van der Waals surface area contributed by atoms with Crippen molar-refractivity contribution < 1.29 is 9.53 Å². The van der Waals surface area contributed by atoms with E-state index in [1.807, 2.05) is 12.1 Å². The van der Waals surface area contributed by atoms with Crippen LogP contribution < -0.4 is 14.5 Å². The van der Waals surface area contributed by atoms with E-state index >= 15 is 0 Å². The van der Waals surface area contributed by atoms with Gasteiger partial charge in [-0.05, 0) is 88.2 Å². The summed E-state index contributed by atoms with van der Waals surface area (Å²) in [5, 5.41) is 3.07. The van der Waals surface area contributed by atoms with Gasteiger partial charge in [0.15, 0.2) is 0 Å². The second kappa shape index (κ2) is 13.0. The topological polar surface area (TPSA) is 61.8 Å². The Balaban J connectivity index is 0.000000248. The summed E-state index contributed by atoms with van der Waals surface area (Å²) >= 11 is 6.58. The zero-order chi connectivity index (χ0) is 28.1. The van der Waals surface area contributed by atoms with Crippen molar-refractivity contribution in [2.45, 2.75) is 39.2 Å². The number of fused-ring (bicyclic) bond motifs is 3. The van der Waals surface area contributed by atoms with E-state index in [4.69, 9.17) is 26.3 Å². The van der Waals surface area contributed by atoms with Crippen LogP contribution in [-0.4, -0.2) is 68.0 Å². The van der Waals surface area contributed by atoms with E-state index < -0.39 is 0 Å². The second-order valence-electron chi connectivity index (χ2n) is 11.1. The first-order valence-corrected chi connectivity index (χ1v) is 14.8. The van der Waals surface area contributed by atoms with Crippen LogP contribution in [0.15, 0.2) is 48.6 Å². The Morgan fingerprint density at radius 1 is 1.00 bits per heavy atom. The lowest BCUT2D eigenvalue weighted by Crippen LogP contribution is -2.34. The summed E-state index contributed by atoms with van der Waals surface area (Å²) in [5.41, 5.74) is 3.53. The molecule has 7 nitrogen and oxygen atoms in total. The van der Waals surface area contributed by atoms with E-state index in [1.165, 1.54) is 49.7 Å². The Kier molecular flexibility index (Phi) is 9.22. The van der Waals surface area contributed by atoms with Crippen molar-refractivity contribution in [3.63, 3.8) is 0 Å². The zero-order valence-electron chi connectivity index (χ0n) is 23.9. The Morgan fingerprint density at radius 3 is 2.33 bits per heavy atom. The van der Waals surface area contributed by atoms with Gasteiger partial charge < -0.3 is 19.4 Å². The van der Waals surface area contributed by atoms with Crippen molar-refractivity contribution in [2.75, 3.05) is 56.7 Å². The standard InChI is InChI=1S/C23H23ClN4O.C5H11N.C4H6O/c1-29-23-25-19-13-27(20-7-3-5-14-4-2-6-18(24)21(14)20)9-8-17(19)22(26-23)28-11-15-10-16(15)12-28;1-6-4-2-3-5-6;1-2-3-4-5/h2-7,15-16H,8-13H2,1H3;2-5H2,1H3;2-4H,1H3/b;;3-2+. The van der Waals surface area contributed by atoms with E-state index in [2.05, 4.69) is 46.0 Å². The highest BCUT2D eigenvalue weighted by Gasteiger charge is 2.46. The number of benzene rings is 2. The Hall–Kier alpha value is -3.16. The van der Waals surface area contributed by atoms with Gasteiger partial charge in [-0.3, -0.25) is 4.79 Å². The third-order valence-corrected chi connectivity index (χ3v) is 8.57. The van der Waals surface area contributed by atoms with Crippen molar-refractivity contribution in [2.24, 2.45) is 11.8 Å². The molecule has 40 heavy (non-hydrogen) atoms. The van der Waals surface area contributed by atoms with Crippen LogP contribution in [0.1, 0.15) is 37.4 Å². The van der Waals surface area contributed by atoms with Gasteiger partial charge in [0.1, 0.15) is 12.1 Å². The number of carbonyl (C=O) groups is 1. The van der Waals surface area contributed by atoms with Crippen LogP contribution in [0.4, 0.5) is 11.5 Å². The molecule has 8 heteroatoms. The highest BCUT2D eigenvalue weighted by Crippen LogP contribution is 2.47. The molecule has 3 fully saturated rings. The van der Waals surface area contributed by atoms with E-state index in [-0.39, 0.29) is 0 Å². The SMILES string of the molecule is C/C=C/C=O.CN1CCCC1.COc1nc2c(c(N3CC4CC4C3)n1)CCN(c1cccc3cccc(Cl)c13)C2. The van der Waals surface area contributed by atoms with Crippen molar-refractivity contribution in [3.05, 3.63) is 64.8 Å². The van der Waals surface area contributed by atoms with E-state index in [0.717, 1.165) is 78.0 Å². The van der Waals surface area contributed by atoms with Crippen molar-refractivity contribution in [1.82, 2.24) is 14.9 Å². The number of anilines is 2. The molecule has 0 amide bonds. The van der Waals surface area contributed by atoms with Gasteiger partial charge in [0, 0.05) is 36.3 Å². The summed E-state index contributed by atoms with van der Waals surface area (Å²) in [6.07, 6.45) is 9.03. The number of aromatic nitrogens is 2. The van der Waals surface area contributed by atoms with Gasteiger partial charge in [-0.15, -0.1) is 0 Å². The highest BCUT2D eigenvalue weighted by atomic mass is 35.5. The first-order valence-electron chi connectivity index (χ1n) is 14.4. The predicted octanol–water partition coefficient (Wildman–Crippen LogP) is 5.78. The summed E-state index contributed by atoms with van der Waals surface area (Å²) in [6, 6.07) is 12.9. The van der Waals surface area contributed by atoms with Crippen LogP contribution in [0.2, 0.25) is 5.02 Å². The third kappa shape index (κ3) is 6.42. The van der Waals surface area contributed by atoms with Gasteiger partial charge in [-0.25, -0.2) is 0 Å². The average Bonchev–Trinajstić information content (AvgIpc) is 3.30. The summed E-state index contributed by atoms with van der Waals surface area (Å²) in [4.78, 5) is 26.0. The normalized spacial score (nSPS) is 21.3. The second-order valence-corrected chi connectivity index (χ2v) is 11.5. The lowest BCUT2D eigenvalue weighted by atomic mass is 10.0. The number of nitrogens with zero attached hydrogens (tertiary/aromatic N) is 5. The van der Waals surface area contributed by atoms with Crippen LogP contribution in [0.3, 0.4) is 0 Å². The van der Waals surface area contributed by atoms with Gasteiger partial charge in [-0.1, -0.05) is 41.9 Å². The third-order valence-electron chi connectivity index (χ3n) is 8.26. The molecule has 2 aromatic carbocycles. The fourth-order valence-electron chi connectivity index (χ4n) is 6.01. The molecule has 1 aliphatic carbocycles. The van der Waals surface area contributed by atoms with Gasteiger partial charge in [0.05, 0.1) is 24.4 Å². The molecule has 4 heterocycles.